The Balaban J connectivity index is 1.74. The van der Waals surface area contributed by atoms with E-state index in [9.17, 15) is 14.0 Å². The molecule has 0 bridgehead atoms. The van der Waals surface area contributed by atoms with Crippen LogP contribution in [0.25, 0.3) is 15.9 Å². The molecular weight excluding hydrogens is 369 g/mol. The number of carbonyl (C=O) groups excluding carboxylic acids is 2. The van der Waals surface area contributed by atoms with Crippen molar-refractivity contribution >= 4 is 33.4 Å². The van der Waals surface area contributed by atoms with Crippen molar-refractivity contribution in [2.75, 3.05) is 13.2 Å². The summed E-state index contributed by atoms with van der Waals surface area (Å²) in [4.78, 5) is 25.1. The van der Waals surface area contributed by atoms with E-state index >= 15 is 0 Å². The summed E-state index contributed by atoms with van der Waals surface area (Å²) in [5.41, 5.74) is 1.45. The van der Waals surface area contributed by atoms with E-state index < -0.39 is 5.97 Å². The van der Waals surface area contributed by atoms with Crippen LogP contribution >= 0.6 is 11.3 Å². The summed E-state index contributed by atoms with van der Waals surface area (Å²) in [7, 11) is 0. The van der Waals surface area contributed by atoms with Crippen molar-refractivity contribution in [1.82, 2.24) is 15.1 Å². The van der Waals surface area contributed by atoms with Crippen molar-refractivity contribution < 1.29 is 18.7 Å². The summed E-state index contributed by atoms with van der Waals surface area (Å²) in [6.45, 7) is 4.14. The number of thiophene rings is 1. The first kappa shape index (κ1) is 19.0. The van der Waals surface area contributed by atoms with Gasteiger partial charge in [0.05, 0.1) is 11.4 Å². The molecule has 2 aromatic heterocycles. The average Bonchev–Trinajstić information content (AvgIpc) is 3.22. The highest BCUT2D eigenvalue weighted by molar-refractivity contribution is 7.20. The molecule has 0 aliphatic rings. The maximum Gasteiger partial charge on any atom is 0.348 e. The minimum atomic E-state index is -0.549. The number of aryl methyl sites for hydroxylation is 1. The summed E-state index contributed by atoms with van der Waals surface area (Å²) in [6.07, 6.45) is 1.86. The third-order valence-corrected chi connectivity index (χ3v) is 5.09. The van der Waals surface area contributed by atoms with Crippen molar-refractivity contribution in [1.29, 1.82) is 0 Å². The molecule has 3 rings (SSSR count). The van der Waals surface area contributed by atoms with E-state index in [0.717, 1.165) is 28.8 Å². The second-order valence-corrected chi connectivity index (χ2v) is 7.11. The topological polar surface area (TPSA) is 73.2 Å². The standard InChI is InChI=1S/C19H20FN3O3S/c1-3-4-9-21-17(24)11-26-19(25)16-10-15-12(2)22-23(18(15)27-16)14-7-5-13(20)6-8-14/h5-8,10H,3-4,9,11H2,1-2H3,(H,21,24). The van der Waals surface area contributed by atoms with Crippen molar-refractivity contribution in [3.63, 3.8) is 0 Å². The molecule has 0 aliphatic carbocycles. The molecule has 1 amide bonds. The molecule has 0 fully saturated rings. The minimum absolute atomic E-state index is 0.306. The van der Waals surface area contributed by atoms with Gasteiger partial charge in [0.15, 0.2) is 6.61 Å². The van der Waals surface area contributed by atoms with E-state index in [4.69, 9.17) is 4.74 Å². The largest absolute Gasteiger partial charge is 0.451 e. The first-order valence-electron chi connectivity index (χ1n) is 8.68. The van der Waals surface area contributed by atoms with Gasteiger partial charge in [0.25, 0.3) is 5.91 Å². The van der Waals surface area contributed by atoms with Crippen LogP contribution in [0.2, 0.25) is 0 Å². The number of hydrogen-bond donors (Lipinski definition) is 1. The summed E-state index contributed by atoms with van der Waals surface area (Å²) >= 11 is 1.23. The van der Waals surface area contributed by atoms with Crippen LogP contribution in [0, 0.1) is 12.7 Å². The lowest BCUT2D eigenvalue weighted by Gasteiger charge is -2.05. The third kappa shape index (κ3) is 4.33. The Hall–Kier alpha value is -2.74. The summed E-state index contributed by atoms with van der Waals surface area (Å²) < 4.78 is 19.9. The van der Waals surface area contributed by atoms with Crippen LogP contribution in [-0.4, -0.2) is 34.8 Å². The van der Waals surface area contributed by atoms with Crippen LogP contribution in [0.1, 0.15) is 35.1 Å². The van der Waals surface area contributed by atoms with Crippen LogP contribution in [0.4, 0.5) is 4.39 Å². The van der Waals surface area contributed by atoms with Gasteiger partial charge in [0.1, 0.15) is 15.5 Å². The average molecular weight is 389 g/mol. The van der Waals surface area contributed by atoms with Crippen LogP contribution < -0.4 is 5.32 Å². The highest BCUT2D eigenvalue weighted by Gasteiger charge is 2.19. The predicted molar refractivity (Wildman–Crippen MR) is 102 cm³/mol. The molecule has 27 heavy (non-hydrogen) atoms. The molecule has 0 aliphatic heterocycles. The molecule has 0 spiro atoms. The SMILES string of the molecule is CCCCNC(=O)COC(=O)c1cc2c(C)nn(-c3ccc(F)cc3)c2s1. The van der Waals surface area contributed by atoms with Gasteiger partial charge < -0.3 is 10.1 Å². The Morgan fingerprint density at radius 3 is 2.74 bits per heavy atom. The first-order valence-corrected chi connectivity index (χ1v) is 9.50. The van der Waals surface area contributed by atoms with E-state index in [1.807, 2.05) is 13.8 Å². The first-order chi connectivity index (χ1) is 13.0. The van der Waals surface area contributed by atoms with Gasteiger partial charge in [-0.25, -0.2) is 13.9 Å². The van der Waals surface area contributed by atoms with E-state index in [0.29, 0.717) is 17.1 Å². The molecule has 3 aromatic rings. The molecule has 0 unspecified atom stereocenters. The number of hydrogen-bond acceptors (Lipinski definition) is 5. The summed E-state index contributed by atoms with van der Waals surface area (Å²) in [6, 6.07) is 7.68. The number of ether oxygens (including phenoxy) is 1. The summed E-state index contributed by atoms with van der Waals surface area (Å²) in [5, 5.41) is 7.98. The lowest BCUT2D eigenvalue weighted by atomic mass is 10.3. The number of halogens is 1. The predicted octanol–water partition coefficient (Wildman–Crippen LogP) is 3.61. The quantitative estimate of drug-likeness (QED) is 0.495. The Labute approximate surface area is 159 Å². The fourth-order valence-corrected chi connectivity index (χ4v) is 3.64. The number of fused-ring (bicyclic) bond motifs is 1. The monoisotopic (exact) mass is 389 g/mol. The molecule has 142 valence electrons. The van der Waals surface area contributed by atoms with Crippen LogP contribution in [0.3, 0.4) is 0 Å². The fraction of sp³-hybridized carbons (Fsp3) is 0.316. The van der Waals surface area contributed by atoms with Crippen molar-refractivity contribution in [2.24, 2.45) is 0 Å². The second-order valence-electron chi connectivity index (χ2n) is 6.08. The van der Waals surface area contributed by atoms with E-state index in [-0.39, 0.29) is 18.3 Å². The van der Waals surface area contributed by atoms with Crippen molar-refractivity contribution in [2.45, 2.75) is 26.7 Å². The van der Waals surface area contributed by atoms with Crippen LogP contribution in [0.5, 0.6) is 0 Å². The van der Waals surface area contributed by atoms with Gasteiger partial charge in [-0.15, -0.1) is 11.3 Å². The van der Waals surface area contributed by atoms with Gasteiger partial charge in [-0.3, -0.25) is 4.79 Å². The maximum absolute atomic E-state index is 13.2. The van der Waals surface area contributed by atoms with Gasteiger partial charge in [-0.2, -0.15) is 5.10 Å². The third-order valence-electron chi connectivity index (χ3n) is 4.00. The molecule has 1 aromatic carbocycles. The zero-order valence-corrected chi connectivity index (χ0v) is 15.9. The molecule has 2 heterocycles. The van der Waals surface area contributed by atoms with Crippen molar-refractivity contribution in [3.8, 4) is 5.69 Å². The zero-order valence-electron chi connectivity index (χ0n) is 15.1. The summed E-state index contributed by atoms with van der Waals surface area (Å²) in [5.74, 6) is -1.19. The number of carbonyl (C=O) groups is 2. The molecular formula is C19H20FN3O3S. The Kier molecular flexibility index (Phi) is 5.85. The molecule has 0 atom stereocenters. The van der Waals surface area contributed by atoms with Crippen LogP contribution in [0.15, 0.2) is 30.3 Å². The van der Waals surface area contributed by atoms with E-state index in [1.54, 1.807) is 22.9 Å². The number of amides is 1. The molecule has 6 nitrogen and oxygen atoms in total. The number of rotatable bonds is 7. The van der Waals surface area contributed by atoms with E-state index in [2.05, 4.69) is 10.4 Å². The van der Waals surface area contributed by atoms with Gasteiger partial charge in [0, 0.05) is 11.9 Å². The molecule has 1 N–H and O–H groups in total. The number of nitrogens with zero attached hydrogens (tertiary/aromatic N) is 2. The number of esters is 1. The van der Waals surface area contributed by atoms with Crippen LogP contribution in [-0.2, 0) is 9.53 Å². The number of benzene rings is 1. The van der Waals surface area contributed by atoms with Crippen molar-refractivity contribution in [3.05, 3.63) is 46.7 Å². The molecule has 8 heteroatoms. The number of nitrogens with one attached hydrogen (secondary N) is 1. The molecule has 0 saturated carbocycles. The van der Waals surface area contributed by atoms with E-state index in [1.165, 1.54) is 23.5 Å². The smallest absolute Gasteiger partial charge is 0.348 e. The molecule has 0 saturated heterocycles. The lowest BCUT2D eigenvalue weighted by Crippen LogP contribution is -2.29. The van der Waals surface area contributed by atoms with Gasteiger partial charge >= 0.3 is 5.97 Å². The number of aromatic nitrogens is 2. The van der Waals surface area contributed by atoms with Gasteiger partial charge in [0.2, 0.25) is 0 Å². The highest BCUT2D eigenvalue weighted by atomic mass is 32.1. The normalized spacial score (nSPS) is 10.9. The minimum Gasteiger partial charge on any atom is -0.451 e. The maximum atomic E-state index is 13.2. The Bertz CT molecular complexity index is 963. The Morgan fingerprint density at radius 2 is 2.04 bits per heavy atom. The fourth-order valence-electron chi connectivity index (χ4n) is 2.56. The zero-order chi connectivity index (χ0) is 19.4. The second kappa shape index (κ2) is 8.30. The highest BCUT2D eigenvalue weighted by Crippen LogP contribution is 2.30. The lowest BCUT2D eigenvalue weighted by molar-refractivity contribution is -0.124. The van der Waals surface area contributed by atoms with Gasteiger partial charge in [-0.05, 0) is 43.7 Å². The van der Waals surface area contributed by atoms with Gasteiger partial charge in [-0.1, -0.05) is 13.3 Å². The number of unbranched alkanes of at least 4 members (excludes halogenated alkanes) is 1. The Morgan fingerprint density at radius 1 is 1.30 bits per heavy atom. The molecule has 0 radical (unpaired) electrons.